The van der Waals surface area contributed by atoms with E-state index in [0.29, 0.717) is 24.9 Å². The number of rotatable bonds is 2. The second-order valence-corrected chi connectivity index (χ2v) is 5.45. The summed E-state index contributed by atoms with van der Waals surface area (Å²) in [6.45, 7) is 6.26. The number of hydrogen-bond donors (Lipinski definition) is 1. The van der Waals surface area contributed by atoms with Crippen LogP contribution in [0.25, 0.3) is 11.0 Å². The second-order valence-electron chi connectivity index (χ2n) is 5.45. The van der Waals surface area contributed by atoms with Gasteiger partial charge in [-0.05, 0) is 26.0 Å². The van der Waals surface area contributed by atoms with Gasteiger partial charge in [-0.3, -0.25) is 9.69 Å². The Labute approximate surface area is 117 Å². The van der Waals surface area contributed by atoms with E-state index >= 15 is 0 Å². The summed E-state index contributed by atoms with van der Waals surface area (Å²) >= 11 is 0. The lowest BCUT2D eigenvalue weighted by Crippen LogP contribution is -2.47. The van der Waals surface area contributed by atoms with Crippen LogP contribution in [0.3, 0.4) is 0 Å². The van der Waals surface area contributed by atoms with Crippen LogP contribution in [0.1, 0.15) is 19.5 Å². The Bertz CT molecular complexity index is 667. The third kappa shape index (κ3) is 2.59. The first-order valence-corrected chi connectivity index (χ1v) is 6.97. The summed E-state index contributed by atoms with van der Waals surface area (Å²) in [7, 11) is 0. The van der Waals surface area contributed by atoms with Gasteiger partial charge in [0.15, 0.2) is 0 Å². The van der Waals surface area contributed by atoms with Crippen LogP contribution in [-0.4, -0.2) is 40.2 Å². The van der Waals surface area contributed by atoms with Crippen LogP contribution in [0.4, 0.5) is 0 Å². The van der Waals surface area contributed by atoms with Crippen LogP contribution in [0, 0.1) is 0 Å². The molecule has 1 saturated heterocycles. The quantitative estimate of drug-likeness (QED) is 0.901. The molecule has 0 aliphatic carbocycles. The third-order valence-electron chi connectivity index (χ3n) is 3.76. The highest BCUT2D eigenvalue weighted by Crippen LogP contribution is 2.14. The minimum Gasteiger partial charge on any atom is -0.376 e. The number of H-pyrrole nitrogens is 1. The lowest BCUT2D eigenvalue weighted by Gasteiger charge is -2.36. The van der Waals surface area contributed by atoms with Crippen LogP contribution >= 0.6 is 0 Å². The molecule has 5 heteroatoms. The lowest BCUT2D eigenvalue weighted by atomic mass is 10.2. The van der Waals surface area contributed by atoms with Gasteiger partial charge < -0.3 is 9.72 Å². The summed E-state index contributed by atoms with van der Waals surface area (Å²) in [5, 5.41) is 0. The number of hydrogen-bond acceptors (Lipinski definition) is 4. The fourth-order valence-corrected chi connectivity index (χ4v) is 2.56. The van der Waals surface area contributed by atoms with Gasteiger partial charge in [0.25, 0.3) is 5.56 Å². The Morgan fingerprint density at radius 3 is 3.05 bits per heavy atom. The van der Waals surface area contributed by atoms with E-state index in [1.807, 2.05) is 24.3 Å². The van der Waals surface area contributed by atoms with Crippen molar-refractivity contribution in [2.45, 2.75) is 32.5 Å². The topological polar surface area (TPSA) is 58.2 Å². The number of benzene rings is 1. The van der Waals surface area contributed by atoms with Crippen molar-refractivity contribution >= 4 is 11.0 Å². The fraction of sp³-hybridized carbons (Fsp3) is 0.467. The maximum Gasteiger partial charge on any atom is 0.271 e. The molecule has 5 nitrogen and oxygen atoms in total. The first-order valence-electron chi connectivity index (χ1n) is 6.97. The molecular weight excluding hydrogens is 254 g/mol. The molecule has 106 valence electrons. The first-order chi connectivity index (χ1) is 9.63. The molecule has 1 aromatic heterocycles. The highest BCUT2D eigenvalue weighted by Gasteiger charge is 2.24. The molecule has 2 heterocycles. The summed E-state index contributed by atoms with van der Waals surface area (Å²) in [5.74, 6) is 0. The molecule has 2 unspecified atom stereocenters. The van der Waals surface area contributed by atoms with Gasteiger partial charge in [0.05, 0.1) is 23.7 Å². The Morgan fingerprint density at radius 2 is 2.20 bits per heavy atom. The molecule has 1 aliphatic heterocycles. The average molecular weight is 273 g/mol. The number of fused-ring (bicyclic) bond motifs is 1. The van der Waals surface area contributed by atoms with E-state index in [2.05, 4.69) is 28.7 Å². The van der Waals surface area contributed by atoms with Crippen LogP contribution in [0.15, 0.2) is 29.1 Å². The molecule has 2 atom stereocenters. The lowest BCUT2D eigenvalue weighted by molar-refractivity contribution is -0.0531. The molecule has 0 radical (unpaired) electrons. The van der Waals surface area contributed by atoms with E-state index in [1.54, 1.807) is 0 Å². The predicted octanol–water partition coefficient (Wildman–Crippen LogP) is 1.53. The van der Waals surface area contributed by atoms with Gasteiger partial charge in [-0.15, -0.1) is 0 Å². The second kappa shape index (κ2) is 5.34. The van der Waals surface area contributed by atoms with Crippen molar-refractivity contribution in [3.05, 3.63) is 40.3 Å². The number of nitrogens with zero attached hydrogens (tertiary/aromatic N) is 2. The predicted molar refractivity (Wildman–Crippen MR) is 77.6 cm³/mol. The van der Waals surface area contributed by atoms with Crippen molar-refractivity contribution in [3.63, 3.8) is 0 Å². The summed E-state index contributed by atoms with van der Waals surface area (Å²) in [6, 6.07) is 7.91. The highest BCUT2D eigenvalue weighted by molar-refractivity contribution is 5.73. The Hall–Kier alpha value is -1.72. The number of para-hydroxylation sites is 2. The Morgan fingerprint density at radius 1 is 1.40 bits per heavy atom. The zero-order chi connectivity index (χ0) is 14.1. The van der Waals surface area contributed by atoms with E-state index in [9.17, 15) is 4.79 Å². The van der Waals surface area contributed by atoms with E-state index in [-0.39, 0.29) is 11.7 Å². The molecule has 2 aromatic rings. The normalized spacial score (nSPS) is 24.1. The molecule has 1 fully saturated rings. The molecule has 0 amide bonds. The maximum atomic E-state index is 12.1. The van der Waals surface area contributed by atoms with Gasteiger partial charge in [0.2, 0.25) is 0 Å². The van der Waals surface area contributed by atoms with Gasteiger partial charge in [0, 0.05) is 19.1 Å². The number of nitrogens with one attached hydrogen (secondary N) is 1. The van der Waals surface area contributed by atoms with Crippen molar-refractivity contribution in [1.29, 1.82) is 0 Å². The van der Waals surface area contributed by atoms with Crippen LogP contribution in [0.2, 0.25) is 0 Å². The largest absolute Gasteiger partial charge is 0.376 e. The van der Waals surface area contributed by atoms with Gasteiger partial charge in [-0.1, -0.05) is 12.1 Å². The van der Waals surface area contributed by atoms with Crippen molar-refractivity contribution in [1.82, 2.24) is 14.9 Å². The summed E-state index contributed by atoms with van der Waals surface area (Å²) in [6.07, 6.45) is 0.200. The molecule has 0 saturated carbocycles. The number of aromatic nitrogens is 2. The zero-order valence-corrected chi connectivity index (χ0v) is 11.8. The van der Waals surface area contributed by atoms with Crippen LogP contribution < -0.4 is 5.56 Å². The van der Waals surface area contributed by atoms with Gasteiger partial charge in [-0.25, -0.2) is 4.98 Å². The zero-order valence-electron chi connectivity index (χ0n) is 11.8. The fourth-order valence-electron chi connectivity index (χ4n) is 2.56. The minimum absolute atomic E-state index is 0.102. The first kappa shape index (κ1) is 13.3. The van der Waals surface area contributed by atoms with E-state index in [4.69, 9.17) is 4.74 Å². The van der Waals surface area contributed by atoms with Crippen LogP contribution in [-0.2, 0) is 11.3 Å². The van der Waals surface area contributed by atoms with Crippen LogP contribution in [0.5, 0.6) is 0 Å². The standard InChI is InChI=1S/C15H19N3O2/c1-10-9-20-11(2)7-18(10)8-14-15(19)17-13-6-4-3-5-12(13)16-14/h3-6,10-11H,7-9H2,1-2H3,(H,17,19). The number of morpholine rings is 1. The molecule has 1 aliphatic rings. The molecule has 20 heavy (non-hydrogen) atoms. The molecule has 3 rings (SSSR count). The summed E-state index contributed by atoms with van der Waals surface area (Å²) < 4.78 is 5.61. The molecular formula is C15H19N3O2. The van der Waals surface area contributed by atoms with Crippen molar-refractivity contribution in [2.75, 3.05) is 13.2 Å². The monoisotopic (exact) mass is 273 g/mol. The van der Waals surface area contributed by atoms with E-state index < -0.39 is 0 Å². The van der Waals surface area contributed by atoms with Gasteiger partial charge in [0.1, 0.15) is 5.69 Å². The smallest absolute Gasteiger partial charge is 0.271 e. The summed E-state index contributed by atoms with van der Waals surface area (Å²) in [4.78, 5) is 21.8. The van der Waals surface area contributed by atoms with Gasteiger partial charge >= 0.3 is 0 Å². The molecule has 0 spiro atoms. The average Bonchev–Trinajstić information content (AvgIpc) is 2.43. The van der Waals surface area contributed by atoms with E-state index in [0.717, 1.165) is 17.6 Å². The highest BCUT2D eigenvalue weighted by atomic mass is 16.5. The molecule has 1 N–H and O–H groups in total. The minimum atomic E-state index is -0.102. The Balaban J connectivity index is 1.90. The van der Waals surface area contributed by atoms with Crippen molar-refractivity contribution < 1.29 is 4.74 Å². The summed E-state index contributed by atoms with van der Waals surface area (Å²) in [5.41, 5.74) is 2.08. The Kier molecular flexibility index (Phi) is 3.54. The van der Waals surface area contributed by atoms with Crippen molar-refractivity contribution in [2.24, 2.45) is 0 Å². The maximum absolute atomic E-state index is 12.1. The third-order valence-corrected chi connectivity index (χ3v) is 3.76. The molecule has 0 bridgehead atoms. The van der Waals surface area contributed by atoms with Crippen molar-refractivity contribution in [3.8, 4) is 0 Å². The van der Waals surface area contributed by atoms with Gasteiger partial charge in [-0.2, -0.15) is 0 Å². The SMILES string of the molecule is CC1CN(Cc2nc3ccccc3[nH]c2=O)C(C)CO1. The molecule has 1 aromatic carbocycles. The number of aromatic amines is 1. The number of ether oxygens (including phenoxy) is 1. The van der Waals surface area contributed by atoms with E-state index in [1.165, 1.54) is 0 Å².